The molecule has 0 bridgehead atoms. The summed E-state index contributed by atoms with van der Waals surface area (Å²) in [5.41, 5.74) is 7.09. The van der Waals surface area contributed by atoms with Gasteiger partial charge in [0.15, 0.2) is 0 Å². The Morgan fingerprint density at radius 2 is 0.456 bits per heavy atom. The van der Waals surface area contributed by atoms with Gasteiger partial charge in [0.1, 0.15) is 0 Å². The fourth-order valence-corrected chi connectivity index (χ4v) is 16.9. The first kappa shape index (κ1) is 76.9. The Morgan fingerprint density at radius 3 is 0.658 bits per heavy atom. The summed E-state index contributed by atoms with van der Waals surface area (Å²) < 4.78 is 0. The van der Waals surface area contributed by atoms with Crippen molar-refractivity contribution in [2.24, 2.45) is 82.7 Å². The highest BCUT2D eigenvalue weighted by atomic mass is 15.2. The van der Waals surface area contributed by atoms with Crippen molar-refractivity contribution in [3.8, 4) is 0 Å². The Balaban J connectivity index is 0.000000475. The van der Waals surface area contributed by atoms with Crippen LogP contribution in [0.3, 0.4) is 0 Å². The average Bonchev–Trinajstić information content (AvgIpc) is 3.64. The second-order valence-electron chi connectivity index (χ2n) is 40.1. The Kier molecular flexibility index (Phi) is 26.6. The molecule has 474 valence electrons. The Morgan fingerprint density at radius 1 is 0.228 bits per heavy atom. The molecule has 79 heavy (non-hydrogen) atoms. The molecule has 2 atom stereocenters. The summed E-state index contributed by atoms with van der Waals surface area (Å²) in [7, 11) is 0. The molecule has 6 rings (SSSR count). The lowest BCUT2D eigenvalue weighted by molar-refractivity contribution is -0.0638. The first-order chi connectivity index (χ1) is 34.8. The molecule has 0 radical (unpaired) electrons. The predicted octanol–water partition coefficient (Wildman–Crippen LogP) is 23.8. The van der Waals surface area contributed by atoms with Gasteiger partial charge >= 0.3 is 0 Å². The number of hydrogen-bond acceptors (Lipinski definition) is 3. The van der Waals surface area contributed by atoms with E-state index < -0.39 is 0 Å². The summed E-state index contributed by atoms with van der Waals surface area (Å²) in [6.45, 7) is 93.4. The van der Waals surface area contributed by atoms with Crippen LogP contribution in [0.25, 0.3) is 0 Å². The second-order valence-corrected chi connectivity index (χ2v) is 40.1. The van der Waals surface area contributed by atoms with E-state index in [9.17, 15) is 0 Å². The molecule has 3 saturated heterocycles. The van der Waals surface area contributed by atoms with Crippen molar-refractivity contribution in [1.29, 1.82) is 0 Å². The summed E-state index contributed by atoms with van der Waals surface area (Å²) in [4.78, 5) is 7.88. The van der Waals surface area contributed by atoms with E-state index in [1.807, 2.05) is 0 Å². The van der Waals surface area contributed by atoms with Crippen LogP contribution in [0.1, 0.15) is 352 Å². The minimum atomic E-state index is 0.351. The smallest absolute Gasteiger partial charge is 0.0125 e. The maximum Gasteiger partial charge on any atom is 0.0125 e. The summed E-state index contributed by atoms with van der Waals surface area (Å²) in [5.74, 6) is 2.67. The topological polar surface area (TPSA) is 9.72 Å². The fraction of sp³-hybridized carbons (Fsp3) is 1.00. The SMILES string of the molecule is CC(C)(C)C1(C(C)(C)C)CC1.CC(C)(C)C1(C(C)(C)C)CCCC1.CC(C)(C)C1(C(C)(C)C)CCCCC1.CC(C)(C)C1CCCN(C(C)(C)C)C1.CC(C)(C)C1CCN(C(C)(C)C)C1.CC(C)(C)C1CCN(C(C)(C)C)CC1. The molecule has 0 aromatic heterocycles. The number of hydrogen-bond donors (Lipinski definition) is 0. The molecule has 0 aromatic carbocycles. The van der Waals surface area contributed by atoms with Gasteiger partial charge in [0.2, 0.25) is 0 Å². The van der Waals surface area contributed by atoms with E-state index in [0.717, 1.165) is 17.8 Å². The second kappa shape index (κ2) is 27.3. The van der Waals surface area contributed by atoms with Crippen molar-refractivity contribution in [3.05, 3.63) is 0 Å². The van der Waals surface area contributed by atoms with E-state index in [1.54, 1.807) is 0 Å². The van der Waals surface area contributed by atoms with Crippen molar-refractivity contribution in [1.82, 2.24) is 14.7 Å². The lowest BCUT2D eigenvalue weighted by Crippen LogP contribution is -2.49. The summed E-state index contributed by atoms with van der Waals surface area (Å²) in [6.07, 6.45) is 22.7. The highest BCUT2D eigenvalue weighted by molar-refractivity contribution is 5.08. The molecular formula is C76H155N3. The summed E-state index contributed by atoms with van der Waals surface area (Å²) in [5, 5.41) is 0. The van der Waals surface area contributed by atoms with Gasteiger partial charge in [0.05, 0.1) is 0 Å². The molecule has 6 fully saturated rings. The number of rotatable bonds is 0. The lowest BCUT2D eigenvalue weighted by atomic mass is 9.49. The van der Waals surface area contributed by atoms with E-state index in [1.165, 1.54) is 142 Å². The number of nitrogens with zero attached hydrogens (tertiary/aromatic N) is 3. The maximum absolute atomic E-state index is 2.65. The molecule has 3 aliphatic carbocycles. The van der Waals surface area contributed by atoms with Crippen LogP contribution in [0.15, 0.2) is 0 Å². The molecule has 3 aliphatic heterocycles. The predicted molar refractivity (Wildman–Crippen MR) is 361 cm³/mol. The monoisotopic (exact) mass is 1110 g/mol. The Hall–Kier alpha value is -0.120. The molecule has 3 saturated carbocycles. The third-order valence-electron chi connectivity index (χ3n) is 23.2. The molecule has 0 spiro atoms. The van der Waals surface area contributed by atoms with Gasteiger partial charge in [-0.1, -0.05) is 219 Å². The van der Waals surface area contributed by atoms with Gasteiger partial charge in [-0.25, -0.2) is 0 Å². The molecule has 0 aromatic rings. The summed E-state index contributed by atoms with van der Waals surface area (Å²) >= 11 is 0. The van der Waals surface area contributed by atoms with Crippen LogP contribution in [0.4, 0.5) is 0 Å². The first-order valence-electron chi connectivity index (χ1n) is 34.0. The van der Waals surface area contributed by atoms with E-state index in [0.29, 0.717) is 81.6 Å². The van der Waals surface area contributed by atoms with Crippen LogP contribution in [0.2, 0.25) is 0 Å². The zero-order chi connectivity index (χ0) is 62.5. The van der Waals surface area contributed by atoms with Crippen molar-refractivity contribution >= 4 is 0 Å². The van der Waals surface area contributed by atoms with Crippen LogP contribution in [0.5, 0.6) is 0 Å². The van der Waals surface area contributed by atoms with Gasteiger partial charge in [-0.05, 0) is 242 Å². The zero-order valence-corrected chi connectivity index (χ0v) is 62.1. The molecule has 6 aliphatic rings. The van der Waals surface area contributed by atoms with E-state index >= 15 is 0 Å². The number of piperidine rings is 2. The molecule has 0 N–H and O–H groups in total. The van der Waals surface area contributed by atoms with E-state index in [2.05, 4.69) is 264 Å². The Bertz CT molecular complexity index is 1590. The third kappa shape index (κ3) is 22.0. The van der Waals surface area contributed by atoms with Crippen LogP contribution in [0, 0.1) is 82.7 Å². The third-order valence-corrected chi connectivity index (χ3v) is 23.2. The van der Waals surface area contributed by atoms with Gasteiger partial charge in [0.25, 0.3) is 0 Å². The highest BCUT2D eigenvalue weighted by Crippen LogP contribution is 2.68. The average molecular weight is 1110 g/mol. The number of likely N-dealkylation sites (tertiary alicyclic amines) is 3. The van der Waals surface area contributed by atoms with Crippen molar-refractivity contribution in [3.63, 3.8) is 0 Å². The standard InChI is InChI=1S/C14H28.2C13H27N.C13H26.C12H25N.C11H22/c1-12(2,3)14(13(4,5)6)10-8-7-9-11-14;1-12(2,3)11-7-9-14(10-8-11)13(4,5)6;1-12(2,3)11-8-7-9-14(10-11)13(4,5)6;1-11(2,3)13(12(4,5)6)9-7-8-10-13;1-11(2,3)10-7-8-13(9-10)12(4,5)6;1-9(2,3)11(7-8-11)10(4,5)6/h7-11H2,1-6H3;2*11H,7-10H2,1-6H3;7-10H2,1-6H3;10H,7-9H2,1-6H3;7-8H2,1-6H3. The van der Waals surface area contributed by atoms with Crippen LogP contribution >= 0.6 is 0 Å². The van der Waals surface area contributed by atoms with Gasteiger partial charge in [-0.15, -0.1) is 0 Å². The Labute approximate surface area is 502 Å². The van der Waals surface area contributed by atoms with Crippen molar-refractivity contribution in [2.45, 2.75) is 369 Å². The quantitative estimate of drug-likeness (QED) is 0.239. The first-order valence-corrected chi connectivity index (χ1v) is 34.0. The van der Waals surface area contributed by atoms with Gasteiger partial charge in [-0.2, -0.15) is 0 Å². The van der Waals surface area contributed by atoms with E-state index in [4.69, 9.17) is 0 Å². The molecule has 3 heterocycles. The van der Waals surface area contributed by atoms with Gasteiger partial charge in [-0.3, -0.25) is 14.7 Å². The fourth-order valence-electron chi connectivity index (χ4n) is 16.9. The highest BCUT2D eigenvalue weighted by Gasteiger charge is 2.59. The molecule has 2 unspecified atom stereocenters. The molecule has 0 amide bonds. The molecule has 3 nitrogen and oxygen atoms in total. The normalized spacial score (nSPS) is 24.5. The van der Waals surface area contributed by atoms with Crippen molar-refractivity contribution < 1.29 is 0 Å². The van der Waals surface area contributed by atoms with Gasteiger partial charge in [0, 0.05) is 29.7 Å². The zero-order valence-electron chi connectivity index (χ0n) is 62.1. The summed E-state index contributed by atoms with van der Waals surface area (Å²) in [6, 6.07) is 0. The minimum absolute atomic E-state index is 0.351. The van der Waals surface area contributed by atoms with Crippen LogP contribution in [-0.4, -0.2) is 70.6 Å². The van der Waals surface area contributed by atoms with E-state index in [-0.39, 0.29) is 0 Å². The largest absolute Gasteiger partial charge is 0.298 e. The maximum atomic E-state index is 2.65. The van der Waals surface area contributed by atoms with Crippen LogP contribution < -0.4 is 0 Å². The lowest BCUT2D eigenvalue weighted by Gasteiger charge is -2.56. The molecule has 3 heteroatoms. The van der Waals surface area contributed by atoms with Gasteiger partial charge < -0.3 is 0 Å². The van der Waals surface area contributed by atoms with Crippen molar-refractivity contribution in [2.75, 3.05) is 39.3 Å². The minimum Gasteiger partial charge on any atom is -0.298 e. The van der Waals surface area contributed by atoms with Crippen LogP contribution in [-0.2, 0) is 0 Å². The molecular weight excluding hydrogens is 955 g/mol.